The fourth-order valence-electron chi connectivity index (χ4n) is 3.21. The van der Waals surface area contributed by atoms with Crippen molar-refractivity contribution in [2.45, 2.75) is 38.3 Å². The highest BCUT2D eigenvalue weighted by Gasteiger charge is 2.24. The van der Waals surface area contributed by atoms with E-state index in [-0.39, 0.29) is 23.8 Å². The minimum atomic E-state index is -0.201. The van der Waals surface area contributed by atoms with Crippen LogP contribution in [0.2, 0.25) is 0 Å². The number of nitrogens with two attached hydrogens (primary N) is 1. The van der Waals surface area contributed by atoms with Crippen LogP contribution in [-0.4, -0.2) is 22.8 Å². The minimum absolute atomic E-state index is 0.0248. The van der Waals surface area contributed by atoms with Gasteiger partial charge in [0.25, 0.3) is 5.91 Å². The first-order valence-corrected chi connectivity index (χ1v) is 8.95. The van der Waals surface area contributed by atoms with Gasteiger partial charge in [0, 0.05) is 36.6 Å². The van der Waals surface area contributed by atoms with Crippen LogP contribution in [0.1, 0.15) is 41.6 Å². The standard InChI is InChI=1S/C20H24N4O2/c21-17-5-1-3-15(11-17)19(25)23-12-14-6-8-18(9-7-14)24-20(26)16-4-2-10-22-13-16/h2,4,6-10,13,15,17H,1,3,5,11-12,21H2,(H,23,25)(H,24,26). The molecule has 0 aliphatic heterocycles. The molecule has 1 aromatic heterocycles. The molecule has 0 radical (unpaired) electrons. The highest BCUT2D eigenvalue weighted by Crippen LogP contribution is 2.23. The third kappa shape index (κ3) is 4.89. The summed E-state index contributed by atoms with van der Waals surface area (Å²) in [7, 11) is 0. The summed E-state index contributed by atoms with van der Waals surface area (Å²) in [5, 5.41) is 5.81. The molecule has 26 heavy (non-hydrogen) atoms. The number of carbonyl (C=O) groups is 2. The fourth-order valence-corrected chi connectivity index (χ4v) is 3.21. The van der Waals surface area contributed by atoms with Gasteiger partial charge in [0.15, 0.2) is 0 Å². The molecule has 2 aromatic rings. The summed E-state index contributed by atoms with van der Waals surface area (Å²) in [6.07, 6.45) is 6.86. The highest BCUT2D eigenvalue weighted by molar-refractivity contribution is 6.04. The molecule has 0 bridgehead atoms. The number of nitrogens with one attached hydrogen (secondary N) is 2. The van der Waals surface area contributed by atoms with Gasteiger partial charge >= 0.3 is 0 Å². The normalized spacial score (nSPS) is 19.6. The molecule has 6 heteroatoms. The number of amides is 2. The van der Waals surface area contributed by atoms with Crippen LogP contribution >= 0.6 is 0 Å². The fraction of sp³-hybridized carbons (Fsp3) is 0.350. The lowest BCUT2D eigenvalue weighted by atomic mass is 9.85. The minimum Gasteiger partial charge on any atom is -0.352 e. The number of anilines is 1. The van der Waals surface area contributed by atoms with Crippen LogP contribution in [0, 0.1) is 5.92 Å². The average molecular weight is 352 g/mol. The van der Waals surface area contributed by atoms with Crippen molar-refractivity contribution >= 4 is 17.5 Å². The van der Waals surface area contributed by atoms with Gasteiger partial charge in [-0.2, -0.15) is 0 Å². The lowest BCUT2D eigenvalue weighted by Crippen LogP contribution is -2.37. The van der Waals surface area contributed by atoms with Crippen molar-refractivity contribution < 1.29 is 9.59 Å². The molecule has 1 aliphatic carbocycles. The molecule has 0 saturated heterocycles. The highest BCUT2D eigenvalue weighted by atomic mass is 16.2. The van der Waals surface area contributed by atoms with Crippen LogP contribution in [0.25, 0.3) is 0 Å². The van der Waals surface area contributed by atoms with E-state index in [1.807, 2.05) is 24.3 Å². The Bertz CT molecular complexity index is 746. The molecule has 3 rings (SSSR count). The molecule has 0 spiro atoms. The Balaban J connectivity index is 1.50. The predicted molar refractivity (Wildman–Crippen MR) is 100 cm³/mol. The van der Waals surface area contributed by atoms with E-state index in [0.29, 0.717) is 17.8 Å². The van der Waals surface area contributed by atoms with Gasteiger partial charge in [-0.25, -0.2) is 0 Å². The molecular formula is C20H24N4O2. The van der Waals surface area contributed by atoms with Gasteiger partial charge in [-0.3, -0.25) is 14.6 Å². The molecule has 136 valence electrons. The number of benzene rings is 1. The van der Waals surface area contributed by atoms with Gasteiger partial charge < -0.3 is 16.4 Å². The van der Waals surface area contributed by atoms with E-state index in [9.17, 15) is 9.59 Å². The van der Waals surface area contributed by atoms with Crippen LogP contribution in [-0.2, 0) is 11.3 Å². The Morgan fingerprint density at radius 2 is 1.96 bits per heavy atom. The molecule has 1 fully saturated rings. The van der Waals surface area contributed by atoms with Gasteiger partial charge in [0.2, 0.25) is 5.91 Å². The third-order valence-corrected chi connectivity index (χ3v) is 4.69. The molecule has 2 unspecified atom stereocenters. The number of pyridine rings is 1. The van der Waals surface area contributed by atoms with Crippen molar-refractivity contribution in [1.82, 2.24) is 10.3 Å². The number of hydrogen-bond acceptors (Lipinski definition) is 4. The lowest BCUT2D eigenvalue weighted by Gasteiger charge is -2.25. The number of aromatic nitrogens is 1. The zero-order valence-electron chi connectivity index (χ0n) is 14.7. The Labute approximate surface area is 153 Å². The first-order valence-electron chi connectivity index (χ1n) is 8.95. The Hall–Kier alpha value is -2.73. The van der Waals surface area contributed by atoms with Crippen molar-refractivity contribution in [1.29, 1.82) is 0 Å². The summed E-state index contributed by atoms with van der Waals surface area (Å²) < 4.78 is 0. The van der Waals surface area contributed by atoms with E-state index < -0.39 is 0 Å². The summed E-state index contributed by atoms with van der Waals surface area (Å²) >= 11 is 0. The van der Waals surface area contributed by atoms with Crippen LogP contribution in [0.3, 0.4) is 0 Å². The molecular weight excluding hydrogens is 328 g/mol. The largest absolute Gasteiger partial charge is 0.352 e. The zero-order valence-corrected chi connectivity index (χ0v) is 14.7. The number of carbonyl (C=O) groups excluding carboxylic acids is 2. The predicted octanol–water partition coefficient (Wildman–Crippen LogP) is 2.47. The first-order chi connectivity index (χ1) is 12.6. The maximum absolute atomic E-state index is 12.3. The van der Waals surface area contributed by atoms with Gasteiger partial charge in [0.1, 0.15) is 0 Å². The van der Waals surface area contributed by atoms with Crippen molar-refractivity contribution in [3.63, 3.8) is 0 Å². The van der Waals surface area contributed by atoms with E-state index in [1.54, 1.807) is 18.3 Å². The van der Waals surface area contributed by atoms with Crippen LogP contribution in [0.15, 0.2) is 48.8 Å². The monoisotopic (exact) mass is 352 g/mol. The van der Waals surface area contributed by atoms with Crippen molar-refractivity contribution in [3.8, 4) is 0 Å². The molecule has 4 N–H and O–H groups in total. The smallest absolute Gasteiger partial charge is 0.257 e. The van der Waals surface area contributed by atoms with Crippen LogP contribution < -0.4 is 16.4 Å². The summed E-state index contributed by atoms with van der Waals surface area (Å²) in [4.78, 5) is 28.3. The number of hydrogen-bond donors (Lipinski definition) is 3. The third-order valence-electron chi connectivity index (χ3n) is 4.69. The van der Waals surface area contributed by atoms with E-state index >= 15 is 0 Å². The van der Waals surface area contributed by atoms with E-state index in [0.717, 1.165) is 31.2 Å². The van der Waals surface area contributed by atoms with Gasteiger partial charge in [-0.05, 0) is 49.1 Å². The molecule has 2 amide bonds. The van der Waals surface area contributed by atoms with Crippen LogP contribution in [0.5, 0.6) is 0 Å². The SMILES string of the molecule is NC1CCCC(C(=O)NCc2ccc(NC(=O)c3cccnc3)cc2)C1. The second-order valence-electron chi connectivity index (χ2n) is 6.73. The summed E-state index contributed by atoms with van der Waals surface area (Å²) in [5.74, 6) is -0.0984. The molecule has 1 saturated carbocycles. The topological polar surface area (TPSA) is 97.1 Å². The summed E-state index contributed by atoms with van der Waals surface area (Å²) in [5.41, 5.74) is 8.14. The van der Waals surface area contributed by atoms with E-state index in [2.05, 4.69) is 15.6 Å². The lowest BCUT2D eigenvalue weighted by molar-refractivity contribution is -0.126. The molecule has 1 aliphatic rings. The van der Waals surface area contributed by atoms with Crippen molar-refractivity contribution in [2.24, 2.45) is 11.7 Å². The molecule has 6 nitrogen and oxygen atoms in total. The van der Waals surface area contributed by atoms with E-state index in [1.165, 1.54) is 6.20 Å². The van der Waals surface area contributed by atoms with E-state index in [4.69, 9.17) is 5.73 Å². The Kier molecular flexibility index (Phi) is 5.96. The average Bonchev–Trinajstić information content (AvgIpc) is 2.68. The first kappa shape index (κ1) is 18.1. The summed E-state index contributed by atoms with van der Waals surface area (Å²) in [6.45, 7) is 0.474. The van der Waals surface area contributed by atoms with Gasteiger partial charge in [0.05, 0.1) is 5.56 Å². The zero-order chi connectivity index (χ0) is 18.4. The van der Waals surface area contributed by atoms with Gasteiger partial charge in [-0.1, -0.05) is 18.6 Å². The second kappa shape index (κ2) is 8.58. The number of rotatable bonds is 5. The van der Waals surface area contributed by atoms with Crippen molar-refractivity contribution in [2.75, 3.05) is 5.32 Å². The van der Waals surface area contributed by atoms with Gasteiger partial charge in [-0.15, -0.1) is 0 Å². The molecule has 1 heterocycles. The second-order valence-corrected chi connectivity index (χ2v) is 6.73. The Morgan fingerprint density at radius 3 is 2.65 bits per heavy atom. The molecule has 1 aromatic carbocycles. The maximum atomic E-state index is 12.3. The number of nitrogens with zero attached hydrogens (tertiary/aromatic N) is 1. The molecule has 2 atom stereocenters. The van der Waals surface area contributed by atoms with Crippen molar-refractivity contribution in [3.05, 3.63) is 59.9 Å². The quantitative estimate of drug-likeness (QED) is 0.770. The summed E-state index contributed by atoms with van der Waals surface area (Å²) in [6, 6.07) is 11.0. The van der Waals surface area contributed by atoms with Crippen LogP contribution in [0.4, 0.5) is 5.69 Å². The maximum Gasteiger partial charge on any atom is 0.257 e. The Morgan fingerprint density at radius 1 is 1.15 bits per heavy atom.